The predicted molar refractivity (Wildman–Crippen MR) is 128 cm³/mol. The number of anilines is 1. The number of carbonyl (C=O) groups excluding carboxylic acids is 1. The van der Waals surface area contributed by atoms with E-state index in [1.54, 1.807) is 18.2 Å². The molecule has 0 saturated heterocycles. The molecule has 4 N–H and O–H groups in total. The molecule has 1 aliphatic carbocycles. The van der Waals surface area contributed by atoms with Gasteiger partial charge in [-0.25, -0.2) is 15.1 Å². The van der Waals surface area contributed by atoms with Crippen LogP contribution < -0.4 is 10.5 Å². The average Bonchev–Trinajstić information content (AvgIpc) is 3.40. The van der Waals surface area contributed by atoms with Crippen LogP contribution in [0.5, 0.6) is 0 Å². The third-order valence-electron chi connectivity index (χ3n) is 5.93. The minimum atomic E-state index is -4.79. The predicted octanol–water partition coefficient (Wildman–Crippen LogP) is 2.40. The van der Waals surface area contributed by atoms with E-state index in [0.29, 0.717) is 21.3 Å². The monoisotopic (exact) mass is 574 g/mol. The van der Waals surface area contributed by atoms with Crippen molar-refractivity contribution in [2.75, 3.05) is 11.9 Å². The lowest BCUT2D eigenvalue weighted by atomic mass is 10.1. The summed E-state index contributed by atoms with van der Waals surface area (Å²) in [6.45, 7) is -0.612. The number of ketones is 1. The van der Waals surface area contributed by atoms with Crippen molar-refractivity contribution in [1.29, 1.82) is 0 Å². The van der Waals surface area contributed by atoms with Crippen LogP contribution in [0.4, 0.5) is 19.0 Å². The van der Waals surface area contributed by atoms with Gasteiger partial charge in [-0.15, -0.1) is 0 Å². The van der Waals surface area contributed by atoms with Gasteiger partial charge in [0.1, 0.15) is 23.5 Å². The Morgan fingerprint density at radius 2 is 2.05 bits per heavy atom. The molecule has 1 unspecified atom stereocenters. The number of hydrogen-bond donors (Lipinski definition) is 3. The van der Waals surface area contributed by atoms with Crippen molar-refractivity contribution >= 4 is 33.5 Å². The standard InChI is InChI=1S/C22H22ClF3N6O5S/c23-14-3-1-2-12(4-14)9-32-19(22(24,25)26)7-17(31-32)20(34)16-8-28-11-29-21(16)30-15-5-13(18(33)6-15)10-37-38(27,35)36/h1-4,7-8,11,13,15,18,33H,5-6,9-10H2,(H2,27,35,36)(H,28,29,30)/t13-,15?,18+/m1/s1. The number of aliphatic hydroxyl groups excluding tert-OH is 1. The highest BCUT2D eigenvalue weighted by Gasteiger charge is 2.38. The van der Waals surface area contributed by atoms with Crippen LogP contribution >= 0.6 is 11.6 Å². The van der Waals surface area contributed by atoms with Crippen LogP contribution in [0.15, 0.2) is 42.9 Å². The Morgan fingerprint density at radius 3 is 2.74 bits per heavy atom. The number of carbonyl (C=O) groups is 1. The highest BCUT2D eigenvalue weighted by molar-refractivity contribution is 7.84. The van der Waals surface area contributed by atoms with Gasteiger partial charge in [0.2, 0.25) is 5.78 Å². The van der Waals surface area contributed by atoms with Crippen molar-refractivity contribution in [1.82, 2.24) is 19.7 Å². The first-order valence-electron chi connectivity index (χ1n) is 11.2. The highest BCUT2D eigenvalue weighted by Crippen LogP contribution is 2.32. The van der Waals surface area contributed by atoms with Crippen LogP contribution in [-0.2, 0) is 27.2 Å². The van der Waals surface area contributed by atoms with Crippen LogP contribution in [0, 0.1) is 5.92 Å². The van der Waals surface area contributed by atoms with Gasteiger partial charge in [-0.05, 0) is 30.5 Å². The fourth-order valence-electron chi connectivity index (χ4n) is 4.21. The van der Waals surface area contributed by atoms with Crippen molar-refractivity contribution in [3.8, 4) is 0 Å². The topological polar surface area (TPSA) is 162 Å². The maximum absolute atomic E-state index is 13.8. The first kappa shape index (κ1) is 27.9. The van der Waals surface area contributed by atoms with Gasteiger partial charge in [0.25, 0.3) is 0 Å². The van der Waals surface area contributed by atoms with Crippen molar-refractivity contribution in [2.24, 2.45) is 11.1 Å². The first-order valence-corrected chi connectivity index (χ1v) is 13.0. The van der Waals surface area contributed by atoms with Crippen LogP contribution in [-0.4, -0.2) is 57.8 Å². The van der Waals surface area contributed by atoms with Crippen LogP contribution in [0.1, 0.15) is 40.2 Å². The second kappa shape index (κ2) is 10.9. The van der Waals surface area contributed by atoms with E-state index >= 15 is 0 Å². The van der Waals surface area contributed by atoms with E-state index in [0.717, 1.165) is 12.5 Å². The summed E-state index contributed by atoms with van der Waals surface area (Å²) < 4.78 is 68.6. The van der Waals surface area contributed by atoms with Gasteiger partial charge < -0.3 is 10.4 Å². The van der Waals surface area contributed by atoms with Crippen molar-refractivity contribution in [3.63, 3.8) is 0 Å². The summed E-state index contributed by atoms with van der Waals surface area (Å²) in [5.74, 6) is -1.40. The number of benzene rings is 1. The molecule has 1 aliphatic rings. The molecule has 204 valence electrons. The molecule has 0 amide bonds. The molecule has 2 aromatic heterocycles. The Hall–Kier alpha value is -3.11. The Balaban J connectivity index is 1.56. The summed E-state index contributed by atoms with van der Waals surface area (Å²) in [5, 5.41) is 22.3. The zero-order valence-electron chi connectivity index (χ0n) is 19.5. The smallest absolute Gasteiger partial charge is 0.393 e. The van der Waals surface area contributed by atoms with Crippen molar-refractivity contribution < 1.29 is 35.7 Å². The summed E-state index contributed by atoms with van der Waals surface area (Å²) in [6.07, 6.45) is -3.00. The first-order chi connectivity index (χ1) is 17.8. The molecule has 0 aliphatic heterocycles. The Kier molecular flexibility index (Phi) is 8.04. The van der Waals surface area contributed by atoms with Gasteiger partial charge in [0, 0.05) is 29.2 Å². The van der Waals surface area contributed by atoms with E-state index < -0.39 is 51.7 Å². The van der Waals surface area contributed by atoms with Crippen molar-refractivity contribution in [3.05, 3.63) is 70.4 Å². The molecule has 1 fully saturated rings. The van der Waals surface area contributed by atoms with E-state index in [2.05, 4.69) is 24.6 Å². The number of aromatic nitrogens is 4. The van der Waals surface area contributed by atoms with E-state index in [4.69, 9.17) is 16.7 Å². The molecule has 0 bridgehead atoms. The van der Waals surface area contributed by atoms with E-state index in [1.807, 2.05) is 0 Å². The quantitative estimate of drug-likeness (QED) is 0.326. The van der Waals surface area contributed by atoms with E-state index in [9.17, 15) is 31.5 Å². The average molecular weight is 575 g/mol. The minimum Gasteiger partial charge on any atom is -0.393 e. The summed E-state index contributed by atoms with van der Waals surface area (Å²) in [7, 11) is -4.19. The molecule has 2 heterocycles. The maximum Gasteiger partial charge on any atom is 0.433 e. The van der Waals surface area contributed by atoms with Gasteiger partial charge in [0.15, 0.2) is 0 Å². The number of aliphatic hydroxyl groups is 1. The number of alkyl halides is 3. The van der Waals surface area contributed by atoms with Gasteiger partial charge in [0.05, 0.1) is 24.8 Å². The number of rotatable bonds is 9. The van der Waals surface area contributed by atoms with Crippen LogP contribution in [0.2, 0.25) is 5.02 Å². The molecule has 0 spiro atoms. The maximum atomic E-state index is 13.8. The van der Waals surface area contributed by atoms with Crippen molar-refractivity contribution in [2.45, 2.75) is 37.7 Å². The molecule has 3 atom stereocenters. The molecule has 38 heavy (non-hydrogen) atoms. The molecule has 1 saturated carbocycles. The zero-order chi connectivity index (χ0) is 27.7. The molecular weight excluding hydrogens is 553 g/mol. The van der Waals surface area contributed by atoms with Gasteiger partial charge >= 0.3 is 16.5 Å². The number of nitrogens with zero attached hydrogens (tertiary/aromatic N) is 4. The summed E-state index contributed by atoms with van der Waals surface area (Å²) in [4.78, 5) is 21.1. The molecule has 1 aromatic carbocycles. The molecular formula is C22H22ClF3N6O5S. The Bertz CT molecular complexity index is 1430. The second-order valence-corrected chi connectivity index (χ2v) is 10.4. The van der Waals surface area contributed by atoms with Crippen LogP contribution in [0.25, 0.3) is 0 Å². The molecule has 16 heteroatoms. The normalized spacial score (nSPS) is 20.0. The van der Waals surface area contributed by atoms with Gasteiger partial charge in [-0.3, -0.25) is 13.7 Å². The van der Waals surface area contributed by atoms with E-state index in [1.165, 1.54) is 6.07 Å². The summed E-state index contributed by atoms with van der Waals surface area (Å²) >= 11 is 5.94. The lowest BCUT2D eigenvalue weighted by Crippen LogP contribution is -2.24. The Morgan fingerprint density at radius 1 is 1.29 bits per heavy atom. The fourth-order valence-corrected chi connectivity index (χ4v) is 4.79. The molecule has 11 nitrogen and oxygen atoms in total. The van der Waals surface area contributed by atoms with E-state index in [-0.39, 0.29) is 37.4 Å². The Labute approximate surface area is 220 Å². The summed E-state index contributed by atoms with van der Waals surface area (Å²) in [5.41, 5.74) is -1.27. The minimum absolute atomic E-state index is 0.0214. The van der Waals surface area contributed by atoms with Gasteiger partial charge in [-0.1, -0.05) is 23.7 Å². The number of hydrogen-bond acceptors (Lipinski definition) is 9. The zero-order valence-corrected chi connectivity index (χ0v) is 21.0. The third kappa shape index (κ3) is 6.85. The van der Waals surface area contributed by atoms with Gasteiger partial charge in [-0.2, -0.15) is 26.7 Å². The lowest BCUT2D eigenvalue weighted by molar-refractivity contribution is -0.144. The highest BCUT2D eigenvalue weighted by atomic mass is 35.5. The molecule has 3 aromatic rings. The third-order valence-corrected chi connectivity index (χ3v) is 6.63. The van der Waals surface area contributed by atoms with Crippen LogP contribution in [0.3, 0.4) is 0 Å². The molecule has 4 rings (SSSR count). The second-order valence-electron chi connectivity index (χ2n) is 8.73. The number of nitrogens with one attached hydrogen (secondary N) is 1. The number of halogens is 4. The fraction of sp³-hybridized carbons (Fsp3) is 0.364. The summed E-state index contributed by atoms with van der Waals surface area (Å²) in [6, 6.07) is 6.45. The SMILES string of the molecule is NS(=O)(=O)OC[C@H]1CC(Nc2ncncc2C(=O)c2cc(C(F)(F)F)n(Cc3cccc(Cl)c3)n2)C[C@@H]1O. The largest absolute Gasteiger partial charge is 0.433 e. The number of nitrogens with two attached hydrogens (primary N) is 1. The lowest BCUT2D eigenvalue weighted by Gasteiger charge is -2.15. The molecule has 0 radical (unpaired) electrons.